The van der Waals surface area contributed by atoms with Gasteiger partial charge in [0.25, 0.3) is 0 Å². The van der Waals surface area contributed by atoms with Crippen molar-refractivity contribution in [2.24, 2.45) is 7.05 Å². The Morgan fingerprint density at radius 1 is 1.21 bits per heavy atom. The molecule has 0 bridgehead atoms. The molecule has 1 aromatic rings. The second-order valence-electron chi connectivity index (χ2n) is 4.87. The van der Waals surface area contributed by atoms with Gasteiger partial charge in [0.15, 0.2) is 5.82 Å². The molecule has 6 heteroatoms. The topological polar surface area (TPSA) is 65.5 Å². The number of aromatic nitrogens is 2. The van der Waals surface area contributed by atoms with Gasteiger partial charge in [-0.05, 0) is 5.92 Å². The van der Waals surface area contributed by atoms with Crippen molar-refractivity contribution < 1.29 is 9.47 Å². The van der Waals surface area contributed by atoms with E-state index < -0.39 is 0 Å². The lowest BCUT2D eigenvalue weighted by atomic mass is 10.1. The van der Waals surface area contributed by atoms with Crippen molar-refractivity contribution >= 4 is 11.5 Å². The van der Waals surface area contributed by atoms with Gasteiger partial charge in [0.1, 0.15) is 0 Å². The van der Waals surface area contributed by atoms with Crippen LogP contribution in [0.3, 0.4) is 0 Å². The highest BCUT2D eigenvalue weighted by Gasteiger charge is 2.20. The Hall–Kier alpha value is -1.27. The fourth-order valence-corrected chi connectivity index (χ4v) is 2.08. The van der Waals surface area contributed by atoms with Crippen LogP contribution in [0.25, 0.3) is 0 Å². The maximum absolute atomic E-state index is 6.24. The number of hydrogen-bond acceptors (Lipinski definition) is 5. The summed E-state index contributed by atoms with van der Waals surface area (Å²) >= 11 is 0. The SMILES string of the molecule is COCCN(CCOC)c1c(N)c(C(C)C)nn1C. The Bertz CT molecular complexity index is 382. The maximum atomic E-state index is 6.24. The number of hydrogen-bond donors (Lipinski definition) is 1. The molecule has 0 amide bonds. The van der Waals surface area contributed by atoms with Crippen molar-refractivity contribution in [3.8, 4) is 0 Å². The van der Waals surface area contributed by atoms with Crippen molar-refractivity contribution in [3.05, 3.63) is 5.69 Å². The Balaban J connectivity index is 2.99. The summed E-state index contributed by atoms with van der Waals surface area (Å²) in [6, 6.07) is 0. The predicted octanol–water partition coefficient (Wildman–Crippen LogP) is 1.22. The fourth-order valence-electron chi connectivity index (χ4n) is 2.08. The van der Waals surface area contributed by atoms with Gasteiger partial charge in [-0.3, -0.25) is 4.68 Å². The summed E-state index contributed by atoms with van der Waals surface area (Å²) in [6.07, 6.45) is 0. The van der Waals surface area contributed by atoms with Crippen LogP contribution in [-0.2, 0) is 16.5 Å². The van der Waals surface area contributed by atoms with E-state index in [0.717, 1.165) is 30.3 Å². The minimum Gasteiger partial charge on any atom is -0.394 e. The smallest absolute Gasteiger partial charge is 0.150 e. The summed E-state index contributed by atoms with van der Waals surface area (Å²) < 4.78 is 12.2. The maximum Gasteiger partial charge on any atom is 0.150 e. The normalized spacial score (nSPS) is 11.3. The Morgan fingerprint density at radius 3 is 2.11 bits per heavy atom. The molecule has 2 N–H and O–H groups in total. The number of aryl methyl sites for hydroxylation is 1. The van der Waals surface area contributed by atoms with E-state index in [1.165, 1.54) is 0 Å². The lowest BCUT2D eigenvalue weighted by molar-refractivity contribution is 0.189. The summed E-state index contributed by atoms with van der Waals surface area (Å²) in [6.45, 7) is 7.01. The van der Waals surface area contributed by atoms with E-state index >= 15 is 0 Å². The van der Waals surface area contributed by atoms with Gasteiger partial charge in [-0.15, -0.1) is 0 Å². The molecule has 0 aliphatic carbocycles. The zero-order chi connectivity index (χ0) is 14.4. The highest BCUT2D eigenvalue weighted by Crippen LogP contribution is 2.30. The summed E-state index contributed by atoms with van der Waals surface area (Å²) in [5.74, 6) is 1.25. The van der Waals surface area contributed by atoms with Gasteiger partial charge in [-0.25, -0.2) is 0 Å². The summed E-state index contributed by atoms with van der Waals surface area (Å²) in [5, 5.41) is 4.52. The van der Waals surface area contributed by atoms with Crippen LogP contribution in [0.5, 0.6) is 0 Å². The molecule has 0 aliphatic heterocycles. The van der Waals surface area contributed by atoms with Gasteiger partial charge < -0.3 is 20.1 Å². The molecular weight excluding hydrogens is 244 g/mol. The molecule has 0 aliphatic rings. The number of ether oxygens (including phenoxy) is 2. The number of nitrogens with zero attached hydrogens (tertiary/aromatic N) is 3. The van der Waals surface area contributed by atoms with Gasteiger partial charge in [-0.2, -0.15) is 5.10 Å². The number of methoxy groups -OCH3 is 2. The largest absolute Gasteiger partial charge is 0.394 e. The van der Waals surface area contributed by atoms with Gasteiger partial charge in [0.05, 0.1) is 24.6 Å². The summed E-state index contributed by atoms with van der Waals surface area (Å²) in [4.78, 5) is 2.15. The molecule has 19 heavy (non-hydrogen) atoms. The lowest BCUT2D eigenvalue weighted by Crippen LogP contribution is -2.32. The van der Waals surface area contributed by atoms with Crippen LogP contribution in [0.1, 0.15) is 25.5 Å². The van der Waals surface area contributed by atoms with Crippen LogP contribution in [0.4, 0.5) is 11.5 Å². The van der Waals surface area contributed by atoms with Crippen molar-refractivity contribution in [2.45, 2.75) is 19.8 Å². The van der Waals surface area contributed by atoms with Crippen LogP contribution in [0.2, 0.25) is 0 Å². The van der Waals surface area contributed by atoms with Crippen molar-refractivity contribution in [3.63, 3.8) is 0 Å². The molecule has 0 saturated heterocycles. The molecule has 6 nitrogen and oxygen atoms in total. The van der Waals surface area contributed by atoms with E-state index in [2.05, 4.69) is 23.8 Å². The molecule has 0 aromatic carbocycles. The number of anilines is 2. The van der Waals surface area contributed by atoms with Crippen molar-refractivity contribution in [1.82, 2.24) is 9.78 Å². The number of nitrogens with two attached hydrogens (primary N) is 1. The zero-order valence-corrected chi connectivity index (χ0v) is 12.6. The predicted molar refractivity (Wildman–Crippen MR) is 77.7 cm³/mol. The Kier molecular flexibility index (Phi) is 6.11. The molecule has 0 spiro atoms. The molecular formula is C13H26N4O2. The first-order chi connectivity index (χ1) is 9.02. The average molecular weight is 270 g/mol. The third kappa shape index (κ3) is 3.84. The van der Waals surface area contributed by atoms with Crippen molar-refractivity contribution in [1.29, 1.82) is 0 Å². The van der Waals surface area contributed by atoms with Gasteiger partial charge in [0, 0.05) is 34.4 Å². The number of rotatable bonds is 8. The molecule has 0 fully saturated rings. The molecule has 0 unspecified atom stereocenters. The first kappa shape index (κ1) is 15.8. The highest BCUT2D eigenvalue weighted by atomic mass is 16.5. The van der Waals surface area contributed by atoms with E-state index in [4.69, 9.17) is 15.2 Å². The Morgan fingerprint density at radius 2 is 1.74 bits per heavy atom. The first-order valence-electron chi connectivity index (χ1n) is 6.58. The molecule has 0 atom stereocenters. The average Bonchev–Trinajstić information content (AvgIpc) is 2.66. The van der Waals surface area contributed by atoms with Gasteiger partial charge >= 0.3 is 0 Å². The zero-order valence-electron chi connectivity index (χ0n) is 12.6. The first-order valence-corrected chi connectivity index (χ1v) is 6.58. The number of nitrogen functional groups attached to an aromatic ring is 1. The van der Waals surface area contributed by atoms with Crippen LogP contribution in [-0.4, -0.2) is 50.3 Å². The third-order valence-electron chi connectivity index (χ3n) is 3.06. The summed E-state index contributed by atoms with van der Waals surface area (Å²) in [7, 11) is 5.31. The van der Waals surface area contributed by atoms with E-state index in [9.17, 15) is 0 Å². The molecule has 1 aromatic heterocycles. The Labute approximate surface area is 115 Å². The summed E-state index contributed by atoms with van der Waals surface area (Å²) in [5.41, 5.74) is 7.94. The molecule has 0 radical (unpaired) electrons. The fraction of sp³-hybridized carbons (Fsp3) is 0.769. The van der Waals surface area contributed by atoms with E-state index in [0.29, 0.717) is 19.1 Å². The van der Waals surface area contributed by atoms with Gasteiger partial charge in [-0.1, -0.05) is 13.8 Å². The minimum absolute atomic E-state index is 0.312. The standard InChI is InChI=1S/C13H26N4O2/c1-10(2)12-11(14)13(16(3)15-12)17(6-8-18-4)7-9-19-5/h10H,6-9,14H2,1-5H3. The second-order valence-corrected chi connectivity index (χ2v) is 4.87. The van der Waals surface area contributed by atoms with Crippen molar-refractivity contribution in [2.75, 3.05) is 51.2 Å². The minimum atomic E-state index is 0.312. The monoisotopic (exact) mass is 270 g/mol. The van der Waals surface area contributed by atoms with Crippen LogP contribution < -0.4 is 10.6 Å². The third-order valence-corrected chi connectivity index (χ3v) is 3.06. The quantitative estimate of drug-likeness (QED) is 0.769. The van der Waals surface area contributed by atoms with E-state index in [1.807, 2.05) is 11.7 Å². The molecule has 110 valence electrons. The lowest BCUT2D eigenvalue weighted by Gasteiger charge is -2.24. The molecule has 1 rings (SSSR count). The molecule has 1 heterocycles. The molecule has 0 saturated carbocycles. The van der Waals surface area contributed by atoms with Crippen LogP contribution in [0.15, 0.2) is 0 Å². The van der Waals surface area contributed by atoms with Gasteiger partial charge in [0.2, 0.25) is 0 Å². The van der Waals surface area contributed by atoms with E-state index in [1.54, 1.807) is 14.2 Å². The van der Waals surface area contributed by atoms with Crippen LogP contribution >= 0.6 is 0 Å². The van der Waals surface area contributed by atoms with Crippen LogP contribution in [0, 0.1) is 0 Å². The second kappa shape index (κ2) is 7.35. The highest BCUT2D eigenvalue weighted by molar-refractivity contribution is 5.67. The van der Waals surface area contributed by atoms with E-state index in [-0.39, 0.29) is 0 Å².